The van der Waals surface area contributed by atoms with Crippen molar-refractivity contribution in [3.63, 3.8) is 0 Å². The molecule has 1 N–H and O–H groups in total. The molecule has 0 saturated carbocycles. The second-order valence-electron chi connectivity index (χ2n) is 5.15. The number of benzene rings is 2. The number of hydrogen-bond donors (Lipinski definition) is 1. The monoisotopic (exact) mass is 302 g/mol. The zero-order valence-electron chi connectivity index (χ0n) is 12.5. The SMILES string of the molecule is COc1ccc(-c2nc(-c3cnc4ccccc4c3)n[nH]2)cc1. The maximum Gasteiger partial charge on any atom is 0.183 e. The van der Waals surface area contributed by atoms with E-state index >= 15 is 0 Å². The molecular weight excluding hydrogens is 288 g/mol. The van der Waals surface area contributed by atoms with Crippen LogP contribution in [-0.2, 0) is 0 Å². The molecule has 0 fully saturated rings. The molecule has 0 spiro atoms. The summed E-state index contributed by atoms with van der Waals surface area (Å²) in [5.74, 6) is 2.16. The Labute approximate surface area is 133 Å². The fraction of sp³-hybridized carbons (Fsp3) is 0.0556. The number of nitrogens with one attached hydrogen (secondary N) is 1. The topological polar surface area (TPSA) is 63.7 Å². The van der Waals surface area contributed by atoms with Crippen LogP contribution in [-0.4, -0.2) is 27.3 Å². The lowest BCUT2D eigenvalue weighted by Crippen LogP contribution is -1.85. The highest BCUT2D eigenvalue weighted by Gasteiger charge is 2.09. The first-order valence-corrected chi connectivity index (χ1v) is 7.25. The van der Waals surface area contributed by atoms with Gasteiger partial charge < -0.3 is 4.74 Å². The van der Waals surface area contributed by atoms with E-state index in [0.717, 1.165) is 33.6 Å². The molecule has 5 nitrogen and oxygen atoms in total. The molecule has 0 bridgehead atoms. The third kappa shape index (κ3) is 2.53. The average molecular weight is 302 g/mol. The van der Waals surface area contributed by atoms with Gasteiger partial charge in [-0.05, 0) is 36.4 Å². The zero-order valence-corrected chi connectivity index (χ0v) is 12.5. The Morgan fingerprint density at radius 3 is 2.61 bits per heavy atom. The lowest BCUT2D eigenvalue weighted by atomic mass is 10.1. The summed E-state index contributed by atoms with van der Waals surface area (Å²) in [4.78, 5) is 9.02. The van der Waals surface area contributed by atoms with Gasteiger partial charge in [0.05, 0.1) is 12.6 Å². The molecule has 2 aromatic carbocycles. The first-order chi connectivity index (χ1) is 11.3. The Hall–Kier alpha value is -3.21. The van der Waals surface area contributed by atoms with Gasteiger partial charge >= 0.3 is 0 Å². The quantitative estimate of drug-likeness (QED) is 0.627. The van der Waals surface area contributed by atoms with Crippen molar-refractivity contribution in [2.45, 2.75) is 0 Å². The number of para-hydroxylation sites is 1. The number of hydrogen-bond acceptors (Lipinski definition) is 4. The Morgan fingerprint density at radius 1 is 0.957 bits per heavy atom. The number of rotatable bonds is 3. The third-order valence-electron chi connectivity index (χ3n) is 3.70. The molecule has 0 aliphatic carbocycles. The van der Waals surface area contributed by atoms with Crippen LogP contribution in [0.2, 0.25) is 0 Å². The largest absolute Gasteiger partial charge is 0.497 e. The van der Waals surface area contributed by atoms with Crippen LogP contribution in [0.3, 0.4) is 0 Å². The zero-order chi connectivity index (χ0) is 15.6. The molecule has 112 valence electrons. The molecule has 0 saturated heterocycles. The maximum absolute atomic E-state index is 5.17. The Morgan fingerprint density at radius 2 is 1.78 bits per heavy atom. The van der Waals surface area contributed by atoms with Crippen LogP contribution in [0.5, 0.6) is 5.75 Å². The number of H-pyrrole nitrogens is 1. The molecule has 23 heavy (non-hydrogen) atoms. The Kier molecular flexibility index (Phi) is 3.24. The van der Waals surface area contributed by atoms with Gasteiger partial charge in [-0.15, -0.1) is 0 Å². The van der Waals surface area contributed by atoms with Gasteiger partial charge in [0.15, 0.2) is 11.6 Å². The summed E-state index contributed by atoms with van der Waals surface area (Å²) in [6.07, 6.45) is 1.79. The molecule has 0 aliphatic heterocycles. The first-order valence-electron chi connectivity index (χ1n) is 7.25. The number of pyridine rings is 1. The molecule has 0 atom stereocenters. The lowest BCUT2D eigenvalue weighted by molar-refractivity contribution is 0.415. The highest BCUT2D eigenvalue weighted by atomic mass is 16.5. The smallest absolute Gasteiger partial charge is 0.183 e. The molecule has 0 aliphatic rings. The number of methoxy groups -OCH3 is 1. The summed E-state index contributed by atoms with van der Waals surface area (Å²) in [6.45, 7) is 0. The molecule has 2 aromatic heterocycles. The van der Waals surface area contributed by atoms with Crippen LogP contribution < -0.4 is 4.74 Å². The van der Waals surface area contributed by atoms with Crippen molar-refractivity contribution in [3.8, 4) is 28.5 Å². The molecule has 4 aromatic rings. The summed E-state index contributed by atoms with van der Waals surface area (Å²) in [7, 11) is 1.65. The molecule has 2 heterocycles. The highest BCUT2D eigenvalue weighted by Crippen LogP contribution is 2.23. The summed E-state index contributed by atoms with van der Waals surface area (Å²) in [5.41, 5.74) is 2.81. The fourth-order valence-corrected chi connectivity index (χ4v) is 2.46. The van der Waals surface area contributed by atoms with Crippen LogP contribution in [0.25, 0.3) is 33.7 Å². The average Bonchev–Trinajstić information content (AvgIpc) is 3.11. The second-order valence-corrected chi connectivity index (χ2v) is 5.15. The van der Waals surface area contributed by atoms with Crippen LogP contribution >= 0.6 is 0 Å². The number of ether oxygens (including phenoxy) is 1. The third-order valence-corrected chi connectivity index (χ3v) is 3.70. The van der Waals surface area contributed by atoms with Crippen LogP contribution in [0, 0.1) is 0 Å². The number of fused-ring (bicyclic) bond motifs is 1. The lowest BCUT2D eigenvalue weighted by Gasteiger charge is -2.00. The fourth-order valence-electron chi connectivity index (χ4n) is 2.46. The van der Waals surface area contributed by atoms with E-state index in [4.69, 9.17) is 4.74 Å². The van der Waals surface area contributed by atoms with Crippen molar-refractivity contribution in [2.24, 2.45) is 0 Å². The van der Waals surface area contributed by atoms with Crippen LogP contribution in [0.1, 0.15) is 0 Å². The van der Waals surface area contributed by atoms with Gasteiger partial charge in [0.1, 0.15) is 5.75 Å². The van der Waals surface area contributed by atoms with Gasteiger partial charge in [-0.1, -0.05) is 18.2 Å². The summed E-state index contributed by atoms with van der Waals surface area (Å²) < 4.78 is 5.17. The molecule has 0 radical (unpaired) electrons. The summed E-state index contributed by atoms with van der Waals surface area (Å²) in [5, 5.41) is 8.35. The van der Waals surface area contributed by atoms with Gasteiger partial charge in [-0.25, -0.2) is 4.98 Å². The van der Waals surface area contributed by atoms with Gasteiger partial charge in [-0.2, -0.15) is 5.10 Å². The summed E-state index contributed by atoms with van der Waals surface area (Å²) in [6, 6.07) is 17.7. The Balaban J connectivity index is 1.70. The summed E-state index contributed by atoms with van der Waals surface area (Å²) >= 11 is 0. The Bertz CT molecular complexity index is 960. The van der Waals surface area contributed by atoms with E-state index in [1.807, 2.05) is 54.6 Å². The van der Waals surface area contributed by atoms with E-state index in [1.54, 1.807) is 13.3 Å². The van der Waals surface area contributed by atoms with E-state index in [0.29, 0.717) is 5.82 Å². The number of aromatic nitrogens is 4. The van der Waals surface area contributed by atoms with Gasteiger partial charge in [-0.3, -0.25) is 10.1 Å². The predicted octanol–water partition coefficient (Wildman–Crippen LogP) is 3.70. The molecule has 5 heteroatoms. The second kappa shape index (κ2) is 5.53. The van der Waals surface area contributed by atoms with Gasteiger partial charge in [0.2, 0.25) is 0 Å². The predicted molar refractivity (Wildman–Crippen MR) is 89.1 cm³/mol. The van der Waals surface area contributed by atoms with E-state index < -0.39 is 0 Å². The van der Waals surface area contributed by atoms with Crippen molar-refractivity contribution in [1.82, 2.24) is 20.2 Å². The normalized spacial score (nSPS) is 10.8. The molecule has 0 amide bonds. The van der Waals surface area contributed by atoms with Crippen LogP contribution in [0.15, 0.2) is 60.8 Å². The van der Waals surface area contributed by atoms with E-state index in [1.165, 1.54) is 0 Å². The van der Waals surface area contributed by atoms with E-state index in [9.17, 15) is 0 Å². The molecular formula is C18H14N4O. The standard InChI is InChI=1S/C18H14N4O/c1-23-15-8-6-12(7-9-15)17-20-18(22-21-17)14-10-13-4-2-3-5-16(13)19-11-14/h2-11H,1H3,(H,20,21,22). The van der Waals surface area contributed by atoms with Gasteiger partial charge in [0, 0.05) is 22.7 Å². The van der Waals surface area contributed by atoms with Crippen molar-refractivity contribution >= 4 is 10.9 Å². The maximum atomic E-state index is 5.17. The number of nitrogens with zero attached hydrogens (tertiary/aromatic N) is 3. The van der Waals surface area contributed by atoms with Crippen molar-refractivity contribution in [1.29, 1.82) is 0 Å². The minimum Gasteiger partial charge on any atom is -0.497 e. The van der Waals surface area contributed by atoms with E-state index in [2.05, 4.69) is 20.2 Å². The van der Waals surface area contributed by atoms with Crippen molar-refractivity contribution in [2.75, 3.05) is 7.11 Å². The first kappa shape index (κ1) is 13.5. The molecule has 0 unspecified atom stereocenters. The van der Waals surface area contributed by atoms with E-state index in [-0.39, 0.29) is 0 Å². The minimum absolute atomic E-state index is 0.633. The highest BCUT2D eigenvalue weighted by molar-refractivity contribution is 5.82. The van der Waals surface area contributed by atoms with Crippen molar-refractivity contribution in [3.05, 3.63) is 60.8 Å². The van der Waals surface area contributed by atoms with Crippen molar-refractivity contribution < 1.29 is 4.74 Å². The number of aromatic amines is 1. The van der Waals surface area contributed by atoms with Crippen LogP contribution in [0.4, 0.5) is 0 Å². The van der Waals surface area contributed by atoms with Gasteiger partial charge in [0.25, 0.3) is 0 Å². The molecule has 4 rings (SSSR count). The minimum atomic E-state index is 0.633.